The fourth-order valence-electron chi connectivity index (χ4n) is 2.90. The first-order chi connectivity index (χ1) is 11.8. The Bertz CT molecular complexity index is 808. The lowest BCUT2D eigenvalue weighted by Crippen LogP contribution is -2.37. The maximum Gasteiger partial charge on any atom is 0.210 e. The zero-order valence-electron chi connectivity index (χ0n) is 13.2. The number of morpholine rings is 1. The van der Waals surface area contributed by atoms with E-state index in [9.17, 15) is 0 Å². The van der Waals surface area contributed by atoms with Gasteiger partial charge in [0.25, 0.3) is 0 Å². The van der Waals surface area contributed by atoms with Crippen LogP contribution in [0.4, 0.5) is 5.95 Å². The van der Waals surface area contributed by atoms with Gasteiger partial charge in [-0.3, -0.25) is 4.57 Å². The van der Waals surface area contributed by atoms with Gasteiger partial charge in [0.1, 0.15) is 0 Å². The molecule has 0 saturated carbocycles. The summed E-state index contributed by atoms with van der Waals surface area (Å²) in [6.45, 7) is 3.15. The molecule has 24 heavy (non-hydrogen) atoms. The molecule has 2 heterocycles. The summed E-state index contributed by atoms with van der Waals surface area (Å²) < 4.78 is 7.61. The molecule has 3 aromatic rings. The fraction of sp³-hybridized carbons (Fsp3) is 0.211. The van der Waals surface area contributed by atoms with Crippen molar-refractivity contribution in [1.82, 2.24) is 9.55 Å². The lowest BCUT2D eigenvalue weighted by atomic mass is 10.2. The van der Waals surface area contributed by atoms with Gasteiger partial charge >= 0.3 is 0 Å². The molecule has 0 N–H and O–H groups in total. The number of anilines is 1. The topological polar surface area (TPSA) is 30.3 Å². The number of hydrogen-bond acceptors (Lipinski definition) is 3. The van der Waals surface area contributed by atoms with Crippen LogP contribution in [-0.2, 0) is 4.74 Å². The van der Waals surface area contributed by atoms with Crippen LogP contribution < -0.4 is 4.90 Å². The molecule has 4 rings (SSSR count). The van der Waals surface area contributed by atoms with Gasteiger partial charge in [-0.25, -0.2) is 4.98 Å². The average molecular weight is 340 g/mol. The maximum absolute atomic E-state index is 6.04. The minimum Gasteiger partial charge on any atom is -0.378 e. The Kier molecular flexibility index (Phi) is 4.24. The van der Waals surface area contributed by atoms with Crippen LogP contribution >= 0.6 is 11.6 Å². The molecule has 1 aromatic heterocycles. The summed E-state index contributed by atoms with van der Waals surface area (Å²) in [5.74, 6) is 0.944. The molecule has 1 aliphatic rings. The van der Waals surface area contributed by atoms with Crippen LogP contribution in [0.1, 0.15) is 0 Å². The molecule has 0 radical (unpaired) electrons. The van der Waals surface area contributed by atoms with Crippen LogP contribution in [0.3, 0.4) is 0 Å². The van der Waals surface area contributed by atoms with E-state index in [1.165, 1.54) is 0 Å². The number of rotatable bonds is 3. The minimum absolute atomic E-state index is 0.730. The van der Waals surface area contributed by atoms with Gasteiger partial charge in [-0.1, -0.05) is 41.9 Å². The van der Waals surface area contributed by atoms with E-state index in [1.807, 2.05) is 42.5 Å². The molecular formula is C19H18ClN3O. The van der Waals surface area contributed by atoms with E-state index in [2.05, 4.69) is 27.8 Å². The molecular weight excluding hydrogens is 322 g/mol. The van der Waals surface area contributed by atoms with Crippen molar-refractivity contribution in [3.63, 3.8) is 0 Å². The Morgan fingerprint density at radius 2 is 1.62 bits per heavy atom. The quantitative estimate of drug-likeness (QED) is 0.721. The van der Waals surface area contributed by atoms with Gasteiger partial charge in [0.05, 0.1) is 18.9 Å². The highest BCUT2D eigenvalue weighted by Crippen LogP contribution is 2.27. The van der Waals surface area contributed by atoms with Crippen molar-refractivity contribution in [1.29, 1.82) is 0 Å². The second-order valence-electron chi connectivity index (χ2n) is 5.74. The van der Waals surface area contributed by atoms with Crippen molar-refractivity contribution in [3.05, 3.63) is 65.8 Å². The first kappa shape index (κ1) is 15.2. The summed E-state index contributed by atoms with van der Waals surface area (Å²) in [7, 11) is 0. The van der Waals surface area contributed by atoms with Crippen molar-refractivity contribution in [3.8, 4) is 16.9 Å². The second-order valence-corrected chi connectivity index (χ2v) is 6.17. The van der Waals surface area contributed by atoms with Gasteiger partial charge in [-0.05, 0) is 24.3 Å². The number of aromatic nitrogens is 2. The van der Waals surface area contributed by atoms with Crippen LogP contribution in [0.5, 0.6) is 0 Å². The van der Waals surface area contributed by atoms with E-state index in [1.54, 1.807) is 0 Å². The number of imidazole rings is 1. The van der Waals surface area contributed by atoms with E-state index < -0.39 is 0 Å². The zero-order chi connectivity index (χ0) is 16.4. The molecule has 1 fully saturated rings. The highest BCUT2D eigenvalue weighted by Gasteiger charge is 2.19. The van der Waals surface area contributed by atoms with Gasteiger partial charge in [0.15, 0.2) is 0 Å². The third kappa shape index (κ3) is 3.03. The summed E-state index contributed by atoms with van der Waals surface area (Å²) in [4.78, 5) is 7.17. The van der Waals surface area contributed by atoms with Gasteiger partial charge in [0, 0.05) is 35.6 Å². The lowest BCUT2D eigenvalue weighted by molar-refractivity contribution is 0.122. The average Bonchev–Trinajstić information content (AvgIpc) is 3.09. The van der Waals surface area contributed by atoms with Crippen LogP contribution in [0.25, 0.3) is 16.9 Å². The van der Waals surface area contributed by atoms with Gasteiger partial charge < -0.3 is 9.64 Å². The lowest BCUT2D eigenvalue weighted by Gasteiger charge is -2.28. The summed E-state index contributed by atoms with van der Waals surface area (Å²) in [6.07, 6.45) is 2.09. The molecule has 0 aliphatic carbocycles. The molecule has 5 heteroatoms. The first-order valence-electron chi connectivity index (χ1n) is 8.05. The number of ether oxygens (including phenoxy) is 1. The predicted octanol–water partition coefficient (Wildman–Crippen LogP) is 4.03. The van der Waals surface area contributed by atoms with Crippen molar-refractivity contribution in [2.75, 3.05) is 31.2 Å². The number of benzene rings is 2. The van der Waals surface area contributed by atoms with Crippen LogP contribution in [0.2, 0.25) is 5.02 Å². The van der Waals surface area contributed by atoms with E-state index in [0.29, 0.717) is 0 Å². The van der Waals surface area contributed by atoms with Gasteiger partial charge in [-0.15, -0.1) is 0 Å². The molecule has 4 nitrogen and oxygen atoms in total. The minimum atomic E-state index is 0.730. The largest absolute Gasteiger partial charge is 0.378 e. The van der Waals surface area contributed by atoms with Crippen LogP contribution in [0.15, 0.2) is 60.8 Å². The molecule has 1 aliphatic heterocycles. The summed E-state index contributed by atoms with van der Waals surface area (Å²) >= 11 is 6.04. The van der Waals surface area contributed by atoms with Gasteiger partial charge in [0.2, 0.25) is 5.95 Å². The monoisotopic (exact) mass is 339 g/mol. The third-order valence-electron chi connectivity index (χ3n) is 4.16. The standard InChI is InChI=1S/C19H18ClN3O/c20-16-6-8-17(9-7-16)23-14-18(15-4-2-1-3-5-15)21-19(23)22-10-12-24-13-11-22/h1-9,14H,10-13H2. The third-order valence-corrected chi connectivity index (χ3v) is 4.41. The second kappa shape index (κ2) is 6.67. The first-order valence-corrected chi connectivity index (χ1v) is 8.42. The van der Waals surface area contributed by atoms with Crippen molar-refractivity contribution < 1.29 is 4.74 Å². The molecule has 0 unspecified atom stereocenters. The summed E-state index contributed by atoms with van der Waals surface area (Å²) in [6, 6.07) is 18.1. The van der Waals surface area contributed by atoms with Gasteiger partial charge in [-0.2, -0.15) is 0 Å². The number of nitrogens with zero attached hydrogens (tertiary/aromatic N) is 3. The SMILES string of the molecule is Clc1ccc(-n2cc(-c3ccccc3)nc2N2CCOCC2)cc1. The Morgan fingerprint density at radius 1 is 0.917 bits per heavy atom. The molecule has 2 aromatic carbocycles. The van der Waals surface area contributed by atoms with Crippen molar-refractivity contribution >= 4 is 17.5 Å². The van der Waals surface area contributed by atoms with Crippen molar-refractivity contribution in [2.24, 2.45) is 0 Å². The smallest absolute Gasteiger partial charge is 0.210 e. The molecule has 0 bridgehead atoms. The molecule has 0 atom stereocenters. The van der Waals surface area contributed by atoms with E-state index in [0.717, 1.165) is 54.2 Å². The van der Waals surface area contributed by atoms with E-state index in [4.69, 9.17) is 21.3 Å². The highest BCUT2D eigenvalue weighted by atomic mass is 35.5. The van der Waals surface area contributed by atoms with Crippen LogP contribution in [-0.4, -0.2) is 35.9 Å². The molecule has 0 amide bonds. The normalized spacial score (nSPS) is 14.8. The molecule has 1 saturated heterocycles. The Balaban J connectivity index is 1.80. The Morgan fingerprint density at radius 3 is 2.33 bits per heavy atom. The Labute approximate surface area is 146 Å². The van der Waals surface area contributed by atoms with E-state index >= 15 is 0 Å². The van der Waals surface area contributed by atoms with Crippen LogP contribution in [0, 0.1) is 0 Å². The molecule has 0 spiro atoms. The number of hydrogen-bond donors (Lipinski definition) is 0. The summed E-state index contributed by atoms with van der Waals surface area (Å²) in [5.41, 5.74) is 3.13. The number of halogens is 1. The fourth-order valence-corrected chi connectivity index (χ4v) is 3.02. The molecule has 122 valence electrons. The van der Waals surface area contributed by atoms with E-state index in [-0.39, 0.29) is 0 Å². The zero-order valence-corrected chi connectivity index (χ0v) is 14.0. The maximum atomic E-state index is 6.04. The predicted molar refractivity (Wildman–Crippen MR) is 97.0 cm³/mol. The Hall–Kier alpha value is -2.30. The van der Waals surface area contributed by atoms with Crippen molar-refractivity contribution in [2.45, 2.75) is 0 Å². The highest BCUT2D eigenvalue weighted by molar-refractivity contribution is 6.30. The summed E-state index contributed by atoms with van der Waals surface area (Å²) in [5, 5.41) is 0.732.